The number of phenols is 1. The average molecular weight is 269 g/mol. The van der Waals surface area contributed by atoms with Gasteiger partial charge < -0.3 is 15.2 Å². The number of phenolic OH excluding ortho intramolecular Hbond substituents is 1. The number of carbonyl (C=O) groups is 1. The van der Waals surface area contributed by atoms with Crippen molar-refractivity contribution in [2.45, 2.75) is 12.8 Å². The van der Waals surface area contributed by atoms with E-state index in [0.29, 0.717) is 18.7 Å². The molecule has 0 spiro atoms. The topological polar surface area (TPSA) is 58.6 Å². The molecule has 1 heterocycles. The van der Waals surface area contributed by atoms with Crippen molar-refractivity contribution < 1.29 is 14.6 Å². The van der Waals surface area contributed by atoms with Crippen molar-refractivity contribution in [3.05, 3.63) is 53.6 Å². The first kappa shape index (κ1) is 12.5. The number of benzene rings is 2. The summed E-state index contributed by atoms with van der Waals surface area (Å²) in [6, 6.07) is 12.4. The molecule has 0 aromatic heterocycles. The summed E-state index contributed by atoms with van der Waals surface area (Å²) in [6.07, 6.45) is 1.21. The maximum absolute atomic E-state index is 12.0. The van der Waals surface area contributed by atoms with E-state index in [1.165, 1.54) is 6.07 Å². The standard InChI is InChI=1S/C16H15NO3/c18-14-3-1-2-13(10-14)17-16(19)9-11-4-5-15-12(8-11)6-7-20-15/h1-5,8,10,18H,6-7,9H2,(H,17,19). The van der Waals surface area contributed by atoms with Gasteiger partial charge in [0.25, 0.3) is 0 Å². The second-order valence-electron chi connectivity index (χ2n) is 4.82. The van der Waals surface area contributed by atoms with Crippen LogP contribution in [-0.4, -0.2) is 17.6 Å². The number of hydrogen-bond acceptors (Lipinski definition) is 3. The van der Waals surface area contributed by atoms with Crippen LogP contribution in [0.1, 0.15) is 11.1 Å². The number of hydrogen-bond donors (Lipinski definition) is 2. The van der Waals surface area contributed by atoms with Crippen molar-refractivity contribution in [2.75, 3.05) is 11.9 Å². The van der Waals surface area contributed by atoms with Gasteiger partial charge in [-0.3, -0.25) is 4.79 Å². The summed E-state index contributed by atoms with van der Waals surface area (Å²) >= 11 is 0. The zero-order chi connectivity index (χ0) is 13.9. The van der Waals surface area contributed by atoms with Crippen LogP contribution >= 0.6 is 0 Å². The Morgan fingerprint density at radius 3 is 3.00 bits per heavy atom. The summed E-state index contributed by atoms with van der Waals surface area (Å²) in [7, 11) is 0. The molecule has 2 aromatic rings. The molecule has 2 N–H and O–H groups in total. The number of carbonyl (C=O) groups excluding carboxylic acids is 1. The maximum Gasteiger partial charge on any atom is 0.228 e. The molecule has 0 unspecified atom stereocenters. The van der Waals surface area contributed by atoms with Gasteiger partial charge in [-0.05, 0) is 29.3 Å². The highest BCUT2D eigenvalue weighted by Crippen LogP contribution is 2.26. The Morgan fingerprint density at radius 2 is 2.15 bits per heavy atom. The number of nitrogens with one attached hydrogen (secondary N) is 1. The first-order chi connectivity index (χ1) is 9.70. The quantitative estimate of drug-likeness (QED) is 0.900. The predicted octanol–water partition coefficient (Wildman–Crippen LogP) is 2.51. The van der Waals surface area contributed by atoms with Crippen molar-refractivity contribution in [3.63, 3.8) is 0 Å². The lowest BCUT2D eigenvalue weighted by molar-refractivity contribution is -0.115. The molecule has 20 heavy (non-hydrogen) atoms. The largest absolute Gasteiger partial charge is 0.508 e. The van der Waals surface area contributed by atoms with Crippen molar-refractivity contribution in [3.8, 4) is 11.5 Å². The fraction of sp³-hybridized carbons (Fsp3) is 0.188. The van der Waals surface area contributed by atoms with Crippen LogP contribution < -0.4 is 10.1 Å². The molecule has 0 atom stereocenters. The van der Waals surface area contributed by atoms with Crippen LogP contribution in [-0.2, 0) is 17.6 Å². The minimum atomic E-state index is -0.102. The van der Waals surface area contributed by atoms with Crippen molar-refractivity contribution in [1.82, 2.24) is 0 Å². The van der Waals surface area contributed by atoms with Gasteiger partial charge >= 0.3 is 0 Å². The number of rotatable bonds is 3. The van der Waals surface area contributed by atoms with Gasteiger partial charge in [0.2, 0.25) is 5.91 Å². The van der Waals surface area contributed by atoms with Gasteiger partial charge in [-0.1, -0.05) is 18.2 Å². The van der Waals surface area contributed by atoms with E-state index in [9.17, 15) is 9.90 Å². The number of aromatic hydroxyl groups is 1. The highest BCUT2D eigenvalue weighted by Gasteiger charge is 2.13. The van der Waals surface area contributed by atoms with E-state index in [0.717, 1.165) is 23.3 Å². The molecule has 1 amide bonds. The molecule has 0 radical (unpaired) electrons. The number of ether oxygens (including phenoxy) is 1. The van der Waals surface area contributed by atoms with Gasteiger partial charge in [-0.15, -0.1) is 0 Å². The minimum absolute atomic E-state index is 0.102. The van der Waals surface area contributed by atoms with Crippen molar-refractivity contribution >= 4 is 11.6 Å². The number of anilines is 1. The summed E-state index contributed by atoms with van der Waals surface area (Å²) < 4.78 is 5.44. The molecule has 1 aliphatic heterocycles. The minimum Gasteiger partial charge on any atom is -0.508 e. The van der Waals surface area contributed by atoms with Gasteiger partial charge in [0.15, 0.2) is 0 Å². The predicted molar refractivity (Wildman–Crippen MR) is 76.1 cm³/mol. The Morgan fingerprint density at radius 1 is 1.25 bits per heavy atom. The van der Waals surface area contributed by atoms with Gasteiger partial charge in [-0.25, -0.2) is 0 Å². The van der Waals surface area contributed by atoms with Gasteiger partial charge in [0.1, 0.15) is 11.5 Å². The molecular weight excluding hydrogens is 254 g/mol. The van der Waals surface area contributed by atoms with Crippen LogP contribution in [0.25, 0.3) is 0 Å². The van der Waals surface area contributed by atoms with E-state index >= 15 is 0 Å². The zero-order valence-corrected chi connectivity index (χ0v) is 10.9. The third-order valence-corrected chi connectivity index (χ3v) is 3.25. The first-order valence-corrected chi connectivity index (χ1v) is 6.54. The summed E-state index contributed by atoms with van der Waals surface area (Å²) in [6.45, 7) is 0.717. The monoisotopic (exact) mass is 269 g/mol. The Hall–Kier alpha value is -2.49. The molecule has 4 heteroatoms. The van der Waals surface area contributed by atoms with E-state index < -0.39 is 0 Å². The third kappa shape index (κ3) is 2.74. The lowest BCUT2D eigenvalue weighted by Gasteiger charge is -2.07. The molecule has 3 rings (SSSR count). The molecule has 0 fully saturated rings. The Bertz CT molecular complexity index is 652. The normalized spacial score (nSPS) is 12.6. The van der Waals surface area contributed by atoms with Gasteiger partial charge in [-0.2, -0.15) is 0 Å². The average Bonchev–Trinajstić information content (AvgIpc) is 2.86. The third-order valence-electron chi connectivity index (χ3n) is 3.25. The highest BCUT2D eigenvalue weighted by atomic mass is 16.5. The van der Waals surface area contributed by atoms with E-state index in [2.05, 4.69) is 5.32 Å². The zero-order valence-electron chi connectivity index (χ0n) is 10.9. The first-order valence-electron chi connectivity index (χ1n) is 6.54. The fourth-order valence-corrected chi connectivity index (χ4v) is 2.32. The molecule has 0 aliphatic carbocycles. The molecule has 102 valence electrons. The van der Waals surface area contributed by atoms with E-state index in [1.54, 1.807) is 18.2 Å². The molecular formula is C16H15NO3. The van der Waals surface area contributed by atoms with Crippen LogP contribution in [0.5, 0.6) is 11.5 Å². The lowest BCUT2D eigenvalue weighted by Crippen LogP contribution is -2.14. The van der Waals surface area contributed by atoms with E-state index in [4.69, 9.17) is 4.74 Å². The summed E-state index contributed by atoms with van der Waals surface area (Å²) in [5, 5.41) is 12.1. The summed E-state index contributed by atoms with van der Waals surface area (Å²) in [5.41, 5.74) is 2.72. The van der Waals surface area contributed by atoms with Crippen molar-refractivity contribution in [2.24, 2.45) is 0 Å². The van der Waals surface area contributed by atoms with E-state index in [1.807, 2.05) is 18.2 Å². The van der Waals surface area contributed by atoms with Crippen LogP contribution in [0.2, 0.25) is 0 Å². The fourth-order valence-electron chi connectivity index (χ4n) is 2.32. The highest BCUT2D eigenvalue weighted by molar-refractivity contribution is 5.92. The molecule has 0 saturated carbocycles. The second kappa shape index (κ2) is 5.25. The van der Waals surface area contributed by atoms with Crippen LogP contribution in [0.4, 0.5) is 5.69 Å². The smallest absolute Gasteiger partial charge is 0.228 e. The van der Waals surface area contributed by atoms with E-state index in [-0.39, 0.29) is 11.7 Å². The second-order valence-corrected chi connectivity index (χ2v) is 4.82. The molecule has 2 aromatic carbocycles. The Labute approximate surface area is 117 Å². The van der Waals surface area contributed by atoms with Gasteiger partial charge in [0, 0.05) is 18.2 Å². The maximum atomic E-state index is 12.0. The molecule has 0 bridgehead atoms. The lowest BCUT2D eigenvalue weighted by atomic mass is 10.1. The summed E-state index contributed by atoms with van der Waals surface area (Å²) in [5.74, 6) is 0.953. The van der Waals surface area contributed by atoms with Crippen LogP contribution in [0.3, 0.4) is 0 Å². The van der Waals surface area contributed by atoms with Crippen LogP contribution in [0.15, 0.2) is 42.5 Å². The SMILES string of the molecule is O=C(Cc1ccc2c(c1)CCO2)Nc1cccc(O)c1. The van der Waals surface area contributed by atoms with Gasteiger partial charge in [0.05, 0.1) is 13.0 Å². The molecule has 0 saturated heterocycles. The molecule has 4 nitrogen and oxygen atoms in total. The Kier molecular flexibility index (Phi) is 3.29. The Balaban J connectivity index is 1.67. The molecule has 1 aliphatic rings. The number of amides is 1. The van der Waals surface area contributed by atoms with Crippen molar-refractivity contribution in [1.29, 1.82) is 0 Å². The van der Waals surface area contributed by atoms with Crippen LogP contribution in [0, 0.1) is 0 Å². The summed E-state index contributed by atoms with van der Waals surface area (Å²) in [4.78, 5) is 12.0. The number of fused-ring (bicyclic) bond motifs is 1.